The summed E-state index contributed by atoms with van der Waals surface area (Å²) in [6.07, 6.45) is 1.05. The molecule has 88 valence electrons. The van der Waals surface area contributed by atoms with Gasteiger partial charge in [0.25, 0.3) is 0 Å². The molecule has 2 aromatic rings. The largest absolute Gasteiger partial charge is 0.478 e. The fourth-order valence-electron chi connectivity index (χ4n) is 1.39. The molecule has 1 aromatic heterocycles. The second kappa shape index (κ2) is 3.85. The fraction of sp³-hybridized carbons (Fsp3) is 0. The summed E-state index contributed by atoms with van der Waals surface area (Å²) in [5, 5.41) is 11.9. The highest BCUT2D eigenvalue weighted by Gasteiger charge is 2.19. The molecule has 0 aliphatic rings. The van der Waals surface area contributed by atoms with Gasteiger partial charge in [-0.3, -0.25) is 0 Å². The lowest BCUT2D eigenvalue weighted by atomic mass is 10.0. The van der Waals surface area contributed by atoms with Gasteiger partial charge in [0.2, 0.25) is 5.88 Å². The number of anilines is 1. The van der Waals surface area contributed by atoms with Crippen molar-refractivity contribution in [1.29, 1.82) is 0 Å². The van der Waals surface area contributed by atoms with Crippen LogP contribution in [0.25, 0.3) is 11.1 Å². The maximum absolute atomic E-state index is 13.6. The molecule has 0 aliphatic carbocycles. The van der Waals surface area contributed by atoms with E-state index in [1.807, 2.05) is 0 Å². The van der Waals surface area contributed by atoms with Gasteiger partial charge in [-0.1, -0.05) is 5.16 Å². The topological polar surface area (TPSA) is 89.4 Å². The van der Waals surface area contributed by atoms with E-state index >= 15 is 0 Å². The van der Waals surface area contributed by atoms with E-state index in [-0.39, 0.29) is 11.4 Å². The highest BCUT2D eigenvalue weighted by atomic mass is 19.1. The summed E-state index contributed by atoms with van der Waals surface area (Å²) >= 11 is 0. The molecular weight excluding hydrogens is 234 g/mol. The monoisotopic (exact) mass is 240 g/mol. The lowest BCUT2D eigenvalue weighted by molar-refractivity contribution is 0.0696. The number of aromatic carboxylic acids is 1. The van der Waals surface area contributed by atoms with Crippen LogP contribution in [0.4, 0.5) is 14.7 Å². The summed E-state index contributed by atoms with van der Waals surface area (Å²) < 4.78 is 31.7. The average molecular weight is 240 g/mol. The van der Waals surface area contributed by atoms with Gasteiger partial charge < -0.3 is 15.4 Å². The number of benzene rings is 1. The predicted octanol–water partition coefficient (Wildman–Crippen LogP) is 1.90. The van der Waals surface area contributed by atoms with Crippen LogP contribution in [0.5, 0.6) is 0 Å². The molecule has 0 saturated carbocycles. The Labute approximate surface area is 93.4 Å². The van der Waals surface area contributed by atoms with Crippen molar-refractivity contribution in [2.75, 3.05) is 5.73 Å². The Morgan fingerprint density at radius 1 is 1.35 bits per heavy atom. The van der Waals surface area contributed by atoms with Crippen molar-refractivity contribution in [2.45, 2.75) is 0 Å². The Morgan fingerprint density at radius 2 is 1.94 bits per heavy atom. The second-order valence-corrected chi connectivity index (χ2v) is 3.22. The van der Waals surface area contributed by atoms with E-state index in [2.05, 4.69) is 9.68 Å². The van der Waals surface area contributed by atoms with Crippen LogP contribution in [-0.2, 0) is 0 Å². The van der Waals surface area contributed by atoms with E-state index in [1.54, 1.807) is 0 Å². The number of carbonyl (C=O) groups is 1. The van der Waals surface area contributed by atoms with Crippen molar-refractivity contribution in [2.24, 2.45) is 0 Å². The molecular formula is C10H6F2N2O3. The van der Waals surface area contributed by atoms with Gasteiger partial charge in [0, 0.05) is 0 Å². The van der Waals surface area contributed by atoms with Gasteiger partial charge in [0.15, 0.2) is 0 Å². The first-order valence-corrected chi connectivity index (χ1v) is 4.43. The quantitative estimate of drug-likeness (QED) is 0.836. The second-order valence-electron chi connectivity index (χ2n) is 3.22. The smallest absolute Gasteiger partial charge is 0.335 e. The van der Waals surface area contributed by atoms with Crippen molar-refractivity contribution < 1.29 is 23.2 Å². The van der Waals surface area contributed by atoms with Crippen LogP contribution in [0.15, 0.2) is 22.9 Å². The molecule has 0 unspecified atom stereocenters. The van der Waals surface area contributed by atoms with Gasteiger partial charge in [-0.25, -0.2) is 13.6 Å². The summed E-state index contributed by atoms with van der Waals surface area (Å²) in [7, 11) is 0. The Balaban J connectivity index is 2.65. The number of carboxylic acid groups (broad SMARTS) is 1. The number of nitrogens with two attached hydrogens (primary N) is 1. The van der Waals surface area contributed by atoms with Crippen LogP contribution in [0.2, 0.25) is 0 Å². The normalized spacial score (nSPS) is 10.5. The van der Waals surface area contributed by atoms with Gasteiger partial charge in [0.1, 0.15) is 11.6 Å². The Bertz CT molecular complexity index is 572. The number of aromatic nitrogens is 1. The van der Waals surface area contributed by atoms with Crippen LogP contribution >= 0.6 is 0 Å². The fourth-order valence-corrected chi connectivity index (χ4v) is 1.39. The molecule has 7 heteroatoms. The molecule has 0 spiro atoms. The first-order chi connectivity index (χ1) is 8.00. The number of nitrogens with zero attached hydrogens (tertiary/aromatic N) is 1. The lowest BCUT2D eigenvalue weighted by Gasteiger charge is -2.04. The first-order valence-electron chi connectivity index (χ1n) is 4.43. The molecule has 3 N–H and O–H groups in total. The summed E-state index contributed by atoms with van der Waals surface area (Å²) in [6, 6.07) is 1.40. The SMILES string of the molecule is Nc1oncc1-c1c(F)cc(C(=O)O)cc1F. The van der Waals surface area contributed by atoms with Crippen molar-refractivity contribution in [3.8, 4) is 11.1 Å². The summed E-state index contributed by atoms with van der Waals surface area (Å²) in [4.78, 5) is 10.6. The Morgan fingerprint density at radius 3 is 2.35 bits per heavy atom. The summed E-state index contributed by atoms with van der Waals surface area (Å²) in [5.74, 6) is -3.76. The zero-order valence-corrected chi connectivity index (χ0v) is 8.28. The van der Waals surface area contributed by atoms with Crippen molar-refractivity contribution in [1.82, 2.24) is 5.16 Å². The van der Waals surface area contributed by atoms with E-state index in [0.717, 1.165) is 6.20 Å². The standard InChI is InChI=1S/C10H6F2N2O3/c11-6-1-4(10(15)16)2-7(12)8(6)5-3-14-17-9(5)13/h1-3H,13H2,(H,15,16). The predicted molar refractivity (Wildman–Crippen MR) is 53.2 cm³/mol. The van der Waals surface area contributed by atoms with Crippen LogP contribution in [0.1, 0.15) is 10.4 Å². The van der Waals surface area contributed by atoms with Gasteiger partial charge in [-0.2, -0.15) is 0 Å². The maximum atomic E-state index is 13.6. The van der Waals surface area contributed by atoms with Gasteiger partial charge in [-0.15, -0.1) is 0 Å². The average Bonchev–Trinajstić information content (AvgIpc) is 2.64. The Kier molecular flexibility index (Phi) is 2.51. The van der Waals surface area contributed by atoms with Gasteiger partial charge in [0.05, 0.1) is 22.9 Å². The number of nitrogen functional groups attached to an aromatic ring is 1. The maximum Gasteiger partial charge on any atom is 0.335 e. The molecule has 0 aliphatic heterocycles. The molecule has 0 amide bonds. The first kappa shape index (κ1) is 11.1. The third-order valence-electron chi connectivity index (χ3n) is 2.16. The Hall–Kier alpha value is -2.44. The summed E-state index contributed by atoms with van der Waals surface area (Å²) in [6.45, 7) is 0. The van der Waals surface area contributed by atoms with E-state index < -0.39 is 28.7 Å². The van der Waals surface area contributed by atoms with Crippen LogP contribution < -0.4 is 5.73 Å². The molecule has 1 heterocycles. The number of carboxylic acids is 1. The minimum absolute atomic E-state index is 0.0584. The molecule has 0 bridgehead atoms. The molecule has 0 fully saturated rings. The molecule has 0 atom stereocenters. The van der Waals surface area contributed by atoms with E-state index in [4.69, 9.17) is 10.8 Å². The third kappa shape index (κ3) is 1.82. The number of halogens is 2. The van der Waals surface area contributed by atoms with E-state index in [0.29, 0.717) is 12.1 Å². The van der Waals surface area contributed by atoms with Crippen LogP contribution in [0, 0.1) is 11.6 Å². The van der Waals surface area contributed by atoms with E-state index in [1.165, 1.54) is 0 Å². The zero-order chi connectivity index (χ0) is 12.6. The number of hydrogen-bond donors (Lipinski definition) is 2. The van der Waals surface area contributed by atoms with E-state index in [9.17, 15) is 13.6 Å². The molecule has 2 rings (SSSR count). The lowest BCUT2D eigenvalue weighted by Crippen LogP contribution is -2.01. The number of rotatable bonds is 2. The van der Waals surface area contributed by atoms with Gasteiger partial charge in [-0.05, 0) is 12.1 Å². The summed E-state index contributed by atoms with van der Waals surface area (Å²) in [5.41, 5.74) is 4.32. The zero-order valence-electron chi connectivity index (χ0n) is 8.28. The molecule has 1 aromatic carbocycles. The third-order valence-corrected chi connectivity index (χ3v) is 2.16. The van der Waals surface area contributed by atoms with Crippen molar-refractivity contribution in [3.05, 3.63) is 35.5 Å². The number of hydrogen-bond acceptors (Lipinski definition) is 4. The minimum atomic E-state index is -1.42. The van der Waals surface area contributed by atoms with Crippen LogP contribution in [0.3, 0.4) is 0 Å². The highest BCUT2D eigenvalue weighted by molar-refractivity contribution is 5.89. The minimum Gasteiger partial charge on any atom is -0.478 e. The van der Waals surface area contributed by atoms with Crippen molar-refractivity contribution in [3.63, 3.8) is 0 Å². The molecule has 0 saturated heterocycles. The molecule has 0 radical (unpaired) electrons. The van der Waals surface area contributed by atoms with Crippen LogP contribution in [-0.4, -0.2) is 16.2 Å². The molecule has 17 heavy (non-hydrogen) atoms. The van der Waals surface area contributed by atoms with Crippen molar-refractivity contribution >= 4 is 11.9 Å². The van der Waals surface area contributed by atoms with Gasteiger partial charge >= 0.3 is 5.97 Å². The highest BCUT2D eigenvalue weighted by Crippen LogP contribution is 2.31. The molecule has 5 nitrogen and oxygen atoms in total.